The van der Waals surface area contributed by atoms with Crippen LogP contribution in [0.2, 0.25) is 0 Å². The number of benzene rings is 1. The third-order valence-corrected chi connectivity index (χ3v) is 4.19. The minimum Gasteiger partial charge on any atom is -0.339 e. The standard InChI is InChI=1S/C15H18BrN3O/c1-11-17-15(20-18-11)13-5-3-7-19(10-13)9-12-4-2-6-14(16)8-12/h2,4,6,8,13H,3,5,7,9-10H2,1H3. The van der Waals surface area contributed by atoms with Gasteiger partial charge in [-0.25, -0.2) is 0 Å². The van der Waals surface area contributed by atoms with E-state index in [0.29, 0.717) is 5.92 Å². The number of aromatic nitrogens is 2. The Morgan fingerprint density at radius 1 is 1.45 bits per heavy atom. The van der Waals surface area contributed by atoms with Crippen molar-refractivity contribution in [2.75, 3.05) is 13.1 Å². The van der Waals surface area contributed by atoms with Crippen LogP contribution in [0.4, 0.5) is 0 Å². The number of hydrogen-bond acceptors (Lipinski definition) is 4. The molecule has 2 aromatic rings. The summed E-state index contributed by atoms with van der Waals surface area (Å²) in [4.78, 5) is 6.85. The highest BCUT2D eigenvalue weighted by Gasteiger charge is 2.25. The van der Waals surface area contributed by atoms with Crippen molar-refractivity contribution in [3.8, 4) is 0 Å². The van der Waals surface area contributed by atoms with Gasteiger partial charge in [-0.3, -0.25) is 4.90 Å². The van der Waals surface area contributed by atoms with Crippen molar-refractivity contribution in [2.45, 2.75) is 32.2 Å². The Hall–Kier alpha value is -1.20. The van der Waals surface area contributed by atoms with Gasteiger partial charge in [-0.2, -0.15) is 4.98 Å². The molecular weight excluding hydrogens is 318 g/mol. The largest absolute Gasteiger partial charge is 0.339 e. The summed E-state index contributed by atoms with van der Waals surface area (Å²) in [5.74, 6) is 1.89. The van der Waals surface area contributed by atoms with Gasteiger partial charge < -0.3 is 4.52 Å². The van der Waals surface area contributed by atoms with Crippen LogP contribution in [0.1, 0.15) is 36.0 Å². The van der Waals surface area contributed by atoms with Gasteiger partial charge in [-0.1, -0.05) is 33.2 Å². The van der Waals surface area contributed by atoms with Gasteiger partial charge in [0.2, 0.25) is 5.89 Å². The SMILES string of the molecule is Cc1noc(C2CCCN(Cc3cccc(Br)c3)C2)n1. The molecule has 2 heterocycles. The highest BCUT2D eigenvalue weighted by atomic mass is 79.9. The van der Waals surface area contributed by atoms with Crippen LogP contribution < -0.4 is 0 Å². The molecular formula is C15H18BrN3O. The van der Waals surface area contributed by atoms with Crippen LogP contribution in [0, 0.1) is 6.92 Å². The van der Waals surface area contributed by atoms with Gasteiger partial charge >= 0.3 is 0 Å². The van der Waals surface area contributed by atoms with Crippen molar-refractivity contribution in [3.05, 3.63) is 46.0 Å². The van der Waals surface area contributed by atoms with Gasteiger partial charge in [-0.15, -0.1) is 0 Å². The minimum atomic E-state index is 0.372. The fourth-order valence-corrected chi connectivity index (χ4v) is 3.22. The Kier molecular flexibility index (Phi) is 4.17. The number of halogens is 1. The predicted molar refractivity (Wildman–Crippen MR) is 80.4 cm³/mol. The second-order valence-electron chi connectivity index (χ2n) is 5.38. The van der Waals surface area contributed by atoms with Crippen molar-refractivity contribution in [1.82, 2.24) is 15.0 Å². The van der Waals surface area contributed by atoms with E-state index >= 15 is 0 Å². The van der Waals surface area contributed by atoms with Gasteiger partial charge in [0.1, 0.15) is 0 Å². The Balaban J connectivity index is 1.66. The maximum absolute atomic E-state index is 5.33. The molecule has 1 aromatic heterocycles. The molecule has 106 valence electrons. The van der Waals surface area contributed by atoms with E-state index in [9.17, 15) is 0 Å². The highest BCUT2D eigenvalue weighted by Crippen LogP contribution is 2.26. The molecule has 0 bridgehead atoms. The third kappa shape index (κ3) is 3.27. The molecule has 1 saturated heterocycles. The van der Waals surface area contributed by atoms with E-state index in [1.54, 1.807) is 0 Å². The summed E-state index contributed by atoms with van der Waals surface area (Å²) in [5, 5.41) is 3.90. The average molecular weight is 336 g/mol. The summed E-state index contributed by atoms with van der Waals surface area (Å²) >= 11 is 3.53. The zero-order chi connectivity index (χ0) is 13.9. The van der Waals surface area contributed by atoms with Gasteiger partial charge in [0, 0.05) is 17.6 Å². The number of nitrogens with zero attached hydrogens (tertiary/aromatic N) is 3. The quantitative estimate of drug-likeness (QED) is 0.860. The molecule has 0 radical (unpaired) electrons. The first kappa shape index (κ1) is 13.8. The van der Waals surface area contributed by atoms with Crippen molar-refractivity contribution >= 4 is 15.9 Å². The first-order valence-electron chi connectivity index (χ1n) is 6.98. The van der Waals surface area contributed by atoms with E-state index in [0.717, 1.165) is 42.2 Å². The lowest BCUT2D eigenvalue weighted by Crippen LogP contribution is -2.34. The molecule has 0 N–H and O–H groups in total. The van der Waals surface area contributed by atoms with E-state index < -0.39 is 0 Å². The number of piperidine rings is 1. The van der Waals surface area contributed by atoms with E-state index in [1.807, 2.05) is 6.92 Å². The number of hydrogen-bond donors (Lipinski definition) is 0. The summed E-state index contributed by atoms with van der Waals surface area (Å²) in [6, 6.07) is 8.50. The van der Waals surface area contributed by atoms with E-state index in [4.69, 9.17) is 4.52 Å². The van der Waals surface area contributed by atoms with Gasteiger partial charge in [0.25, 0.3) is 0 Å². The van der Waals surface area contributed by atoms with Gasteiger partial charge in [0.05, 0.1) is 5.92 Å². The highest BCUT2D eigenvalue weighted by molar-refractivity contribution is 9.10. The van der Waals surface area contributed by atoms with Crippen molar-refractivity contribution in [2.24, 2.45) is 0 Å². The van der Waals surface area contributed by atoms with Crippen LogP contribution >= 0.6 is 15.9 Å². The lowest BCUT2D eigenvalue weighted by molar-refractivity contribution is 0.180. The molecule has 1 aliphatic rings. The van der Waals surface area contributed by atoms with Crippen LogP contribution in [-0.4, -0.2) is 28.1 Å². The molecule has 0 spiro atoms. The number of rotatable bonds is 3. The first-order chi connectivity index (χ1) is 9.70. The normalized spacial score (nSPS) is 20.2. The molecule has 0 saturated carbocycles. The molecule has 4 nitrogen and oxygen atoms in total. The van der Waals surface area contributed by atoms with Crippen molar-refractivity contribution in [3.63, 3.8) is 0 Å². The third-order valence-electron chi connectivity index (χ3n) is 3.69. The van der Waals surface area contributed by atoms with Crippen LogP contribution in [0.15, 0.2) is 33.3 Å². The van der Waals surface area contributed by atoms with Gasteiger partial charge in [0.15, 0.2) is 5.82 Å². The summed E-state index contributed by atoms with van der Waals surface area (Å²) < 4.78 is 6.46. The molecule has 1 fully saturated rings. The molecule has 5 heteroatoms. The second kappa shape index (κ2) is 6.06. The van der Waals surface area contributed by atoms with Crippen molar-refractivity contribution in [1.29, 1.82) is 0 Å². The molecule has 0 amide bonds. The maximum atomic E-state index is 5.33. The Morgan fingerprint density at radius 3 is 3.10 bits per heavy atom. The average Bonchev–Trinajstić information content (AvgIpc) is 2.86. The van der Waals surface area contributed by atoms with E-state index in [1.165, 1.54) is 12.0 Å². The fraction of sp³-hybridized carbons (Fsp3) is 0.467. The summed E-state index contributed by atoms with van der Waals surface area (Å²) in [5.41, 5.74) is 1.33. The summed E-state index contributed by atoms with van der Waals surface area (Å²) in [7, 11) is 0. The van der Waals surface area contributed by atoms with Crippen molar-refractivity contribution < 1.29 is 4.52 Å². The Labute approximate surface area is 127 Å². The molecule has 1 aliphatic heterocycles. The zero-order valence-corrected chi connectivity index (χ0v) is 13.1. The fourth-order valence-electron chi connectivity index (χ4n) is 2.77. The van der Waals surface area contributed by atoms with Gasteiger partial charge in [-0.05, 0) is 44.0 Å². The predicted octanol–water partition coefficient (Wildman–Crippen LogP) is 3.52. The van der Waals surface area contributed by atoms with Crippen LogP contribution in [0.5, 0.6) is 0 Å². The Bertz CT molecular complexity index is 584. The maximum Gasteiger partial charge on any atom is 0.231 e. The summed E-state index contributed by atoms with van der Waals surface area (Å²) in [6.45, 7) is 4.97. The zero-order valence-electron chi connectivity index (χ0n) is 11.6. The number of aryl methyl sites for hydroxylation is 1. The molecule has 0 aliphatic carbocycles. The lowest BCUT2D eigenvalue weighted by Gasteiger charge is -2.30. The first-order valence-corrected chi connectivity index (χ1v) is 7.77. The minimum absolute atomic E-state index is 0.372. The second-order valence-corrected chi connectivity index (χ2v) is 6.30. The molecule has 1 atom stereocenters. The Morgan fingerprint density at radius 2 is 2.35 bits per heavy atom. The van der Waals surface area contributed by atoms with Crippen LogP contribution in [-0.2, 0) is 6.54 Å². The molecule has 1 unspecified atom stereocenters. The smallest absolute Gasteiger partial charge is 0.231 e. The topological polar surface area (TPSA) is 42.2 Å². The number of likely N-dealkylation sites (tertiary alicyclic amines) is 1. The summed E-state index contributed by atoms with van der Waals surface area (Å²) in [6.07, 6.45) is 2.32. The van der Waals surface area contributed by atoms with Crippen LogP contribution in [0.3, 0.4) is 0 Å². The molecule has 1 aromatic carbocycles. The van der Waals surface area contributed by atoms with E-state index in [2.05, 4.69) is 55.2 Å². The lowest BCUT2D eigenvalue weighted by atomic mass is 9.97. The molecule has 20 heavy (non-hydrogen) atoms. The van der Waals surface area contributed by atoms with Crippen LogP contribution in [0.25, 0.3) is 0 Å². The van der Waals surface area contributed by atoms with E-state index in [-0.39, 0.29) is 0 Å². The monoisotopic (exact) mass is 335 g/mol. The molecule has 3 rings (SSSR count).